The number of carbonyl (C=O) groups is 2. The molecule has 2 rings (SSSR count). The summed E-state index contributed by atoms with van der Waals surface area (Å²) >= 11 is 1.47. The van der Waals surface area contributed by atoms with Crippen LogP contribution in [0.5, 0.6) is 0 Å². The van der Waals surface area contributed by atoms with E-state index in [0.29, 0.717) is 44.1 Å². The minimum atomic E-state index is -0.225. The van der Waals surface area contributed by atoms with Crippen LogP contribution in [-0.4, -0.2) is 68.7 Å². The molecule has 0 bridgehead atoms. The first-order valence-corrected chi connectivity index (χ1v) is 8.90. The highest BCUT2D eigenvalue weighted by molar-refractivity contribution is 7.11. The molecule has 0 saturated heterocycles. The smallest absolute Gasteiger partial charge is 0.277 e. The molecule has 24 heavy (non-hydrogen) atoms. The normalized spacial score (nSPS) is 14.9. The number of thiophene rings is 1. The predicted octanol–water partition coefficient (Wildman–Crippen LogP) is 1.83. The molecule has 0 atom stereocenters. The predicted molar refractivity (Wildman–Crippen MR) is 93.6 cm³/mol. The maximum atomic E-state index is 12.9. The molecule has 0 fully saturated rings. The second-order valence-electron chi connectivity index (χ2n) is 5.44. The second kappa shape index (κ2) is 8.96. The lowest BCUT2D eigenvalue weighted by Gasteiger charge is -2.25. The lowest BCUT2D eigenvalue weighted by atomic mass is 10.1. The molecule has 0 aliphatic carbocycles. The van der Waals surface area contributed by atoms with E-state index in [1.54, 1.807) is 14.2 Å². The summed E-state index contributed by atoms with van der Waals surface area (Å²) in [6.45, 7) is 4.39. The number of ether oxygens (including phenoxy) is 2. The molecule has 2 heterocycles. The van der Waals surface area contributed by atoms with Crippen LogP contribution >= 0.6 is 11.3 Å². The Bertz CT molecular complexity index is 590. The van der Waals surface area contributed by atoms with Crippen LogP contribution in [0.25, 0.3) is 5.57 Å². The molecule has 1 aromatic rings. The van der Waals surface area contributed by atoms with Crippen molar-refractivity contribution in [3.63, 3.8) is 0 Å². The molecule has 7 heteroatoms. The van der Waals surface area contributed by atoms with E-state index >= 15 is 0 Å². The fourth-order valence-electron chi connectivity index (χ4n) is 2.66. The average Bonchev–Trinajstić information content (AvgIpc) is 3.18. The van der Waals surface area contributed by atoms with Crippen LogP contribution in [0.4, 0.5) is 0 Å². The van der Waals surface area contributed by atoms with Gasteiger partial charge in [0.1, 0.15) is 5.70 Å². The van der Waals surface area contributed by atoms with Crippen LogP contribution in [0, 0.1) is 0 Å². The highest BCUT2D eigenvalue weighted by Gasteiger charge is 2.41. The highest BCUT2D eigenvalue weighted by atomic mass is 32.1. The zero-order chi connectivity index (χ0) is 17.5. The Kier molecular flexibility index (Phi) is 6.96. The molecule has 0 saturated carbocycles. The van der Waals surface area contributed by atoms with Gasteiger partial charge >= 0.3 is 0 Å². The summed E-state index contributed by atoms with van der Waals surface area (Å²) in [6.07, 6.45) is 0.735. The number of rotatable bonds is 10. The van der Waals surface area contributed by atoms with Crippen LogP contribution in [0.1, 0.15) is 18.2 Å². The Morgan fingerprint density at radius 2 is 1.79 bits per heavy atom. The first kappa shape index (κ1) is 18.6. The topological polar surface area (TPSA) is 59.1 Å². The number of methoxy groups -OCH3 is 2. The van der Waals surface area contributed by atoms with E-state index in [4.69, 9.17) is 9.47 Å². The van der Waals surface area contributed by atoms with Crippen molar-refractivity contribution < 1.29 is 19.1 Å². The summed E-state index contributed by atoms with van der Waals surface area (Å²) in [5.74, 6) is -0.434. The minimum Gasteiger partial charge on any atom is -0.383 e. The van der Waals surface area contributed by atoms with Crippen molar-refractivity contribution in [1.29, 1.82) is 0 Å². The largest absolute Gasteiger partial charge is 0.383 e. The third-order valence-corrected chi connectivity index (χ3v) is 4.69. The molecule has 2 amide bonds. The van der Waals surface area contributed by atoms with Crippen molar-refractivity contribution in [2.24, 2.45) is 0 Å². The molecule has 1 aliphatic heterocycles. The van der Waals surface area contributed by atoms with Crippen molar-refractivity contribution in [3.05, 3.63) is 28.1 Å². The van der Waals surface area contributed by atoms with E-state index in [1.165, 1.54) is 16.2 Å². The van der Waals surface area contributed by atoms with E-state index in [-0.39, 0.29) is 11.8 Å². The summed E-state index contributed by atoms with van der Waals surface area (Å²) in [6, 6.07) is 3.77. The lowest BCUT2D eigenvalue weighted by Crippen LogP contribution is -2.38. The van der Waals surface area contributed by atoms with Gasteiger partial charge in [-0.3, -0.25) is 14.5 Å². The third kappa shape index (κ3) is 3.85. The zero-order valence-electron chi connectivity index (χ0n) is 14.4. The van der Waals surface area contributed by atoms with Crippen molar-refractivity contribution in [1.82, 2.24) is 9.80 Å². The van der Waals surface area contributed by atoms with Gasteiger partial charge in [-0.05, 0) is 17.9 Å². The average molecular weight is 352 g/mol. The summed E-state index contributed by atoms with van der Waals surface area (Å²) in [5, 5.41) is 1.91. The summed E-state index contributed by atoms with van der Waals surface area (Å²) in [7, 11) is 3.24. The molecule has 0 unspecified atom stereocenters. The van der Waals surface area contributed by atoms with E-state index in [2.05, 4.69) is 0 Å². The second-order valence-corrected chi connectivity index (χ2v) is 6.38. The van der Waals surface area contributed by atoms with Crippen molar-refractivity contribution in [2.45, 2.75) is 13.3 Å². The Hall–Kier alpha value is -1.70. The summed E-state index contributed by atoms with van der Waals surface area (Å²) < 4.78 is 10.3. The van der Waals surface area contributed by atoms with Gasteiger partial charge in [-0.25, -0.2) is 0 Å². The molecule has 1 aliphatic rings. The molecule has 0 radical (unpaired) electrons. The van der Waals surface area contributed by atoms with Gasteiger partial charge in [-0.1, -0.05) is 13.0 Å². The fraction of sp³-hybridized carbons (Fsp3) is 0.529. The van der Waals surface area contributed by atoms with Crippen molar-refractivity contribution >= 4 is 28.7 Å². The Balaban J connectivity index is 2.44. The van der Waals surface area contributed by atoms with E-state index in [1.807, 2.05) is 29.3 Å². The van der Waals surface area contributed by atoms with Crippen LogP contribution in [0.2, 0.25) is 0 Å². The minimum absolute atomic E-state index is 0.209. The molecule has 6 nitrogen and oxygen atoms in total. The summed E-state index contributed by atoms with van der Waals surface area (Å²) in [4.78, 5) is 29.8. The molecule has 0 spiro atoms. The number of hydrogen-bond donors (Lipinski definition) is 0. The van der Waals surface area contributed by atoms with Gasteiger partial charge in [0.05, 0.1) is 18.8 Å². The molecular weight excluding hydrogens is 328 g/mol. The van der Waals surface area contributed by atoms with Crippen LogP contribution in [0.3, 0.4) is 0 Å². The number of imide groups is 1. The Labute approximate surface area is 146 Å². The number of carbonyl (C=O) groups excluding carboxylic acids is 2. The van der Waals surface area contributed by atoms with Gasteiger partial charge in [-0.15, -0.1) is 11.3 Å². The first-order valence-electron chi connectivity index (χ1n) is 8.02. The molecular formula is C17H24N2O4S. The van der Waals surface area contributed by atoms with Gasteiger partial charge < -0.3 is 14.4 Å². The molecule has 1 aromatic heterocycles. The fourth-order valence-corrected chi connectivity index (χ4v) is 3.43. The monoisotopic (exact) mass is 352 g/mol. The molecule has 0 N–H and O–H groups in total. The third-order valence-electron chi connectivity index (χ3n) is 3.81. The van der Waals surface area contributed by atoms with Crippen LogP contribution in [0.15, 0.2) is 23.2 Å². The first-order chi connectivity index (χ1) is 11.7. The van der Waals surface area contributed by atoms with Crippen LogP contribution in [-0.2, 0) is 19.1 Å². The zero-order valence-corrected chi connectivity index (χ0v) is 15.2. The van der Waals surface area contributed by atoms with E-state index in [9.17, 15) is 9.59 Å². The van der Waals surface area contributed by atoms with Gasteiger partial charge in [0.15, 0.2) is 0 Å². The van der Waals surface area contributed by atoms with Gasteiger partial charge in [-0.2, -0.15) is 0 Å². The SMILES string of the molecule is CCCN1C(=O)C(c2cccs2)=C(N(CCOC)CCOC)C1=O. The highest BCUT2D eigenvalue weighted by Crippen LogP contribution is 2.33. The van der Waals surface area contributed by atoms with Crippen molar-refractivity contribution in [2.75, 3.05) is 47.1 Å². The number of hydrogen-bond acceptors (Lipinski definition) is 6. The van der Waals surface area contributed by atoms with Crippen LogP contribution < -0.4 is 0 Å². The maximum Gasteiger partial charge on any atom is 0.277 e. The van der Waals surface area contributed by atoms with E-state index in [0.717, 1.165) is 11.3 Å². The Morgan fingerprint density at radius 3 is 2.29 bits per heavy atom. The lowest BCUT2D eigenvalue weighted by molar-refractivity contribution is -0.137. The van der Waals surface area contributed by atoms with Gasteiger partial charge in [0.2, 0.25) is 0 Å². The number of nitrogens with zero attached hydrogens (tertiary/aromatic N) is 2. The van der Waals surface area contributed by atoms with Crippen molar-refractivity contribution in [3.8, 4) is 0 Å². The number of amides is 2. The quantitative estimate of drug-likeness (QED) is 0.601. The van der Waals surface area contributed by atoms with Gasteiger partial charge in [0, 0.05) is 38.7 Å². The van der Waals surface area contributed by atoms with E-state index < -0.39 is 0 Å². The van der Waals surface area contributed by atoms with Gasteiger partial charge in [0.25, 0.3) is 11.8 Å². The molecule has 0 aromatic carbocycles. The maximum absolute atomic E-state index is 12.9. The Morgan fingerprint density at radius 1 is 1.12 bits per heavy atom. The molecule has 132 valence electrons. The summed E-state index contributed by atoms with van der Waals surface area (Å²) in [5.41, 5.74) is 0.959. The standard InChI is InChI=1S/C17H24N2O4S/c1-4-7-19-16(20)14(13-6-5-12-24-13)15(17(19)21)18(8-10-22-2)9-11-23-3/h5-6,12H,4,7-11H2,1-3H3.